The third-order valence-electron chi connectivity index (χ3n) is 0.811. The Morgan fingerprint density at radius 3 is 2.80 bits per heavy atom. The van der Waals surface area contributed by atoms with Gasteiger partial charge < -0.3 is 10.4 Å². The van der Waals surface area contributed by atoms with E-state index in [-0.39, 0.29) is 0 Å². The van der Waals surface area contributed by atoms with Crippen LogP contribution in [0.5, 0.6) is 0 Å². The van der Waals surface area contributed by atoms with Crippen LogP contribution in [0.15, 0.2) is 24.8 Å². The standard InChI is InChI=1S/C7H11NO2/c1-2-5-8-6-3-4-7(9)10/h2-4,8H,1,5-6H2,(H,9,10)/b4-3+. The molecule has 3 heteroatoms. The minimum Gasteiger partial charge on any atom is -0.478 e. The van der Waals surface area contributed by atoms with Gasteiger partial charge in [0.1, 0.15) is 0 Å². The van der Waals surface area contributed by atoms with Gasteiger partial charge >= 0.3 is 5.97 Å². The molecule has 0 atom stereocenters. The Bertz CT molecular complexity index is 141. The lowest BCUT2D eigenvalue weighted by molar-refractivity contribution is -0.131. The van der Waals surface area contributed by atoms with E-state index in [2.05, 4.69) is 11.9 Å². The quantitative estimate of drug-likeness (QED) is 0.331. The predicted octanol–water partition coefficient (Wildman–Crippen LogP) is 0.403. The van der Waals surface area contributed by atoms with Crippen LogP contribution in [0.4, 0.5) is 0 Å². The maximum atomic E-state index is 9.90. The molecule has 0 aromatic heterocycles. The summed E-state index contributed by atoms with van der Waals surface area (Å²) in [5.74, 6) is -0.916. The number of nitrogens with one attached hydrogen (secondary N) is 1. The first-order valence-electron chi connectivity index (χ1n) is 2.98. The van der Waals surface area contributed by atoms with Crippen molar-refractivity contribution in [1.29, 1.82) is 0 Å². The Kier molecular flexibility index (Phi) is 5.38. The zero-order chi connectivity index (χ0) is 7.82. The molecule has 0 aliphatic rings. The SMILES string of the molecule is C=CCNC/C=C/C(=O)O. The van der Waals surface area contributed by atoms with Gasteiger partial charge in [-0.05, 0) is 0 Å². The minimum absolute atomic E-state index is 0.568. The third kappa shape index (κ3) is 6.91. The van der Waals surface area contributed by atoms with Crippen molar-refractivity contribution in [2.24, 2.45) is 0 Å². The van der Waals surface area contributed by atoms with Crippen molar-refractivity contribution < 1.29 is 9.90 Å². The van der Waals surface area contributed by atoms with Gasteiger partial charge in [0.05, 0.1) is 0 Å². The maximum absolute atomic E-state index is 9.90. The topological polar surface area (TPSA) is 49.3 Å². The summed E-state index contributed by atoms with van der Waals surface area (Å²) in [7, 11) is 0. The number of carboxylic acid groups (broad SMARTS) is 1. The van der Waals surface area contributed by atoms with E-state index in [0.29, 0.717) is 13.1 Å². The summed E-state index contributed by atoms with van der Waals surface area (Å²) >= 11 is 0. The molecule has 0 unspecified atom stereocenters. The van der Waals surface area contributed by atoms with Gasteiger partial charge in [0.2, 0.25) is 0 Å². The predicted molar refractivity (Wildman–Crippen MR) is 39.8 cm³/mol. The van der Waals surface area contributed by atoms with Crippen molar-refractivity contribution in [1.82, 2.24) is 5.32 Å². The van der Waals surface area contributed by atoms with Gasteiger partial charge in [0.25, 0.3) is 0 Å². The second-order valence-electron chi connectivity index (χ2n) is 1.69. The Morgan fingerprint density at radius 1 is 1.60 bits per heavy atom. The second kappa shape index (κ2) is 6.04. The zero-order valence-electron chi connectivity index (χ0n) is 5.71. The first-order valence-corrected chi connectivity index (χ1v) is 2.98. The minimum atomic E-state index is -0.916. The van der Waals surface area contributed by atoms with E-state index in [9.17, 15) is 4.79 Å². The van der Waals surface area contributed by atoms with Gasteiger partial charge in [-0.15, -0.1) is 6.58 Å². The molecule has 0 amide bonds. The fourth-order valence-corrected chi connectivity index (χ4v) is 0.428. The first-order chi connectivity index (χ1) is 4.77. The van der Waals surface area contributed by atoms with Crippen LogP contribution in [-0.2, 0) is 4.79 Å². The number of rotatable bonds is 5. The molecule has 0 rings (SSSR count). The Labute approximate surface area is 60.1 Å². The molecule has 3 nitrogen and oxygen atoms in total. The van der Waals surface area contributed by atoms with E-state index in [4.69, 9.17) is 5.11 Å². The van der Waals surface area contributed by atoms with Gasteiger partial charge in [0.15, 0.2) is 0 Å². The fourth-order valence-electron chi connectivity index (χ4n) is 0.428. The van der Waals surface area contributed by atoms with Crippen molar-refractivity contribution in [3.05, 3.63) is 24.8 Å². The average molecular weight is 141 g/mol. The number of aliphatic carboxylic acids is 1. The van der Waals surface area contributed by atoms with Crippen molar-refractivity contribution in [3.8, 4) is 0 Å². The summed E-state index contributed by atoms with van der Waals surface area (Å²) in [6.07, 6.45) is 4.37. The van der Waals surface area contributed by atoms with Crippen LogP contribution in [0.1, 0.15) is 0 Å². The summed E-state index contributed by atoms with van der Waals surface area (Å²) in [5.41, 5.74) is 0. The zero-order valence-corrected chi connectivity index (χ0v) is 5.71. The Balaban J connectivity index is 3.18. The maximum Gasteiger partial charge on any atom is 0.328 e. The van der Waals surface area contributed by atoms with E-state index < -0.39 is 5.97 Å². The summed E-state index contributed by atoms with van der Waals surface area (Å²) in [6, 6.07) is 0. The normalized spacial score (nSPS) is 10.0. The van der Waals surface area contributed by atoms with E-state index in [1.54, 1.807) is 12.2 Å². The highest BCUT2D eigenvalue weighted by atomic mass is 16.4. The Morgan fingerprint density at radius 2 is 2.30 bits per heavy atom. The third-order valence-corrected chi connectivity index (χ3v) is 0.811. The summed E-state index contributed by atoms with van der Waals surface area (Å²) < 4.78 is 0. The molecule has 0 aromatic rings. The van der Waals surface area contributed by atoms with Crippen molar-refractivity contribution in [2.75, 3.05) is 13.1 Å². The van der Waals surface area contributed by atoms with Gasteiger partial charge in [-0.25, -0.2) is 4.79 Å². The van der Waals surface area contributed by atoms with Crippen molar-refractivity contribution >= 4 is 5.97 Å². The van der Waals surface area contributed by atoms with Gasteiger partial charge in [0, 0.05) is 19.2 Å². The second-order valence-corrected chi connectivity index (χ2v) is 1.69. The van der Waals surface area contributed by atoms with Crippen LogP contribution >= 0.6 is 0 Å². The lowest BCUT2D eigenvalue weighted by Gasteiger charge is -1.91. The van der Waals surface area contributed by atoms with Crippen molar-refractivity contribution in [3.63, 3.8) is 0 Å². The molecule has 0 aromatic carbocycles. The van der Waals surface area contributed by atoms with Gasteiger partial charge in [-0.1, -0.05) is 12.2 Å². The molecule has 0 aliphatic heterocycles. The van der Waals surface area contributed by atoms with E-state index in [1.165, 1.54) is 0 Å². The number of carbonyl (C=O) groups is 1. The molecule has 0 spiro atoms. The molecule has 0 fully saturated rings. The van der Waals surface area contributed by atoms with Crippen LogP contribution < -0.4 is 5.32 Å². The lowest BCUT2D eigenvalue weighted by atomic mass is 10.5. The van der Waals surface area contributed by atoms with E-state index in [0.717, 1.165) is 6.08 Å². The molecular formula is C7H11NO2. The van der Waals surface area contributed by atoms with Gasteiger partial charge in [-0.3, -0.25) is 0 Å². The highest BCUT2D eigenvalue weighted by Gasteiger charge is 1.82. The average Bonchev–Trinajstić information content (AvgIpc) is 1.87. The monoisotopic (exact) mass is 141 g/mol. The van der Waals surface area contributed by atoms with Crippen LogP contribution in [0.2, 0.25) is 0 Å². The van der Waals surface area contributed by atoms with Crippen LogP contribution in [-0.4, -0.2) is 24.2 Å². The molecule has 2 N–H and O–H groups in total. The fraction of sp³-hybridized carbons (Fsp3) is 0.286. The van der Waals surface area contributed by atoms with Crippen LogP contribution in [0.25, 0.3) is 0 Å². The molecule has 0 aliphatic carbocycles. The van der Waals surface area contributed by atoms with Crippen LogP contribution in [0.3, 0.4) is 0 Å². The molecule has 0 saturated carbocycles. The highest BCUT2D eigenvalue weighted by Crippen LogP contribution is 1.70. The van der Waals surface area contributed by atoms with E-state index >= 15 is 0 Å². The molecule has 0 bridgehead atoms. The summed E-state index contributed by atoms with van der Waals surface area (Å²) in [4.78, 5) is 9.90. The molecule has 0 saturated heterocycles. The summed E-state index contributed by atoms with van der Waals surface area (Å²) in [5, 5.41) is 11.1. The Hall–Kier alpha value is -1.09. The number of hydrogen-bond acceptors (Lipinski definition) is 2. The van der Waals surface area contributed by atoms with Crippen molar-refractivity contribution in [2.45, 2.75) is 0 Å². The number of hydrogen-bond donors (Lipinski definition) is 2. The van der Waals surface area contributed by atoms with Gasteiger partial charge in [-0.2, -0.15) is 0 Å². The summed E-state index contributed by atoms with van der Waals surface area (Å²) in [6.45, 7) is 4.76. The molecule has 0 radical (unpaired) electrons. The largest absolute Gasteiger partial charge is 0.478 e. The van der Waals surface area contributed by atoms with Crippen LogP contribution in [0, 0.1) is 0 Å². The smallest absolute Gasteiger partial charge is 0.328 e. The highest BCUT2D eigenvalue weighted by molar-refractivity contribution is 5.79. The molecule has 10 heavy (non-hydrogen) atoms. The first kappa shape index (κ1) is 8.91. The lowest BCUT2D eigenvalue weighted by Crippen LogP contribution is -2.12. The molecule has 0 heterocycles. The molecular weight excluding hydrogens is 130 g/mol. The number of carboxylic acids is 1. The van der Waals surface area contributed by atoms with E-state index in [1.807, 2.05) is 0 Å². The molecule has 56 valence electrons.